The minimum atomic E-state index is -0.255. The lowest BCUT2D eigenvalue weighted by atomic mass is 10.2. The van der Waals surface area contributed by atoms with E-state index in [2.05, 4.69) is 16.9 Å². The van der Waals surface area contributed by atoms with E-state index < -0.39 is 0 Å². The Morgan fingerprint density at radius 2 is 2.00 bits per heavy atom. The molecule has 0 atom stereocenters. The molecule has 0 heterocycles. The molecule has 0 aromatic heterocycles. The lowest BCUT2D eigenvalue weighted by Gasteiger charge is -2.04. The Kier molecular flexibility index (Phi) is 4.37. The van der Waals surface area contributed by atoms with Gasteiger partial charge in [0.05, 0.1) is 5.70 Å². The molecule has 0 aliphatic rings. The maximum atomic E-state index is 12.7. The molecule has 1 N–H and O–H groups in total. The highest BCUT2D eigenvalue weighted by atomic mass is 32.2. The Morgan fingerprint density at radius 1 is 1.40 bits per heavy atom. The number of hydrogen-bond donors (Lipinski definition) is 1. The van der Waals surface area contributed by atoms with Crippen LogP contribution in [0.3, 0.4) is 0 Å². The molecular formula is C11H13FN2S. The maximum absolute atomic E-state index is 12.7. The van der Waals surface area contributed by atoms with Crippen LogP contribution >= 0.6 is 11.8 Å². The van der Waals surface area contributed by atoms with E-state index in [1.54, 1.807) is 19.2 Å². The van der Waals surface area contributed by atoms with Crippen LogP contribution < -0.4 is 5.32 Å². The van der Waals surface area contributed by atoms with Crippen molar-refractivity contribution in [2.24, 2.45) is 4.99 Å². The fourth-order valence-electron chi connectivity index (χ4n) is 1.03. The van der Waals surface area contributed by atoms with Gasteiger partial charge in [0.1, 0.15) is 5.82 Å². The molecule has 1 rings (SSSR count). The summed E-state index contributed by atoms with van der Waals surface area (Å²) in [5, 5.41) is 3.72. The number of thioether (sulfide) groups is 1. The van der Waals surface area contributed by atoms with Crippen molar-refractivity contribution in [3.8, 4) is 0 Å². The minimum Gasteiger partial charge on any atom is -0.368 e. The lowest BCUT2D eigenvalue weighted by molar-refractivity contribution is 0.627. The quantitative estimate of drug-likeness (QED) is 0.617. The van der Waals surface area contributed by atoms with Crippen LogP contribution in [0.1, 0.15) is 5.56 Å². The third-order valence-corrected chi connectivity index (χ3v) is 2.50. The van der Waals surface area contributed by atoms with Crippen molar-refractivity contribution >= 4 is 22.6 Å². The standard InChI is InChI=1S/C11H13FN2S/c1-8(14-11(13-2)15-3)9-4-6-10(12)7-5-9/h4-7H,1H2,2-3H3,(H,13,14). The zero-order valence-electron chi connectivity index (χ0n) is 8.75. The summed E-state index contributed by atoms with van der Waals surface area (Å²) in [5.41, 5.74) is 1.44. The van der Waals surface area contributed by atoms with E-state index in [9.17, 15) is 4.39 Å². The van der Waals surface area contributed by atoms with Gasteiger partial charge < -0.3 is 5.32 Å². The van der Waals surface area contributed by atoms with Gasteiger partial charge in [-0.25, -0.2) is 9.38 Å². The number of hydrogen-bond acceptors (Lipinski definition) is 2. The van der Waals surface area contributed by atoms with Crippen LogP contribution in [-0.4, -0.2) is 18.5 Å². The van der Waals surface area contributed by atoms with Gasteiger partial charge in [-0.15, -0.1) is 0 Å². The van der Waals surface area contributed by atoms with Crippen LogP contribution in [0.25, 0.3) is 5.70 Å². The second-order valence-electron chi connectivity index (χ2n) is 2.82. The average Bonchev–Trinajstić information content (AvgIpc) is 2.26. The second kappa shape index (κ2) is 5.56. The number of halogens is 1. The SMILES string of the molecule is C=C(/N=C(/NC)SC)c1ccc(F)cc1. The van der Waals surface area contributed by atoms with Gasteiger partial charge >= 0.3 is 0 Å². The van der Waals surface area contributed by atoms with Crippen molar-refractivity contribution in [3.63, 3.8) is 0 Å². The molecule has 80 valence electrons. The van der Waals surface area contributed by atoms with Crippen molar-refractivity contribution in [1.82, 2.24) is 5.32 Å². The molecular weight excluding hydrogens is 211 g/mol. The molecule has 0 aliphatic heterocycles. The van der Waals surface area contributed by atoms with Gasteiger partial charge in [0, 0.05) is 7.05 Å². The van der Waals surface area contributed by atoms with E-state index in [-0.39, 0.29) is 5.82 Å². The zero-order chi connectivity index (χ0) is 11.3. The molecule has 0 amide bonds. The minimum absolute atomic E-state index is 0.255. The first kappa shape index (κ1) is 11.8. The Hall–Kier alpha value is -1.29. The van der Waals surface area contributed by atoms with Crippen LogP contribution in [0, 0.1) is 5.82 Å². The normalized spacial score (nSPS) is 11.3. The molecule has 0 fully saturated rings. The summed E-state index contributed by atoms with van der Waals surface area (Å²) in [7, 11) is 1.80. The largest absolute Gasteiger partial charge is 0.368 e. The topological polar surface area (TPSA) is 24.4 Å². The highest BCUT2D eigenvalue weighted by Gasteiger charge is 1.99. The predicted molar refractivity (Wildman–Crippen MR) is 65.4 cm³/mol. The monoisotopic (exact) mass is 224 g/mol. The number of nitrogens with zero attached hydrogens (tertiary/aromatic N) is 1. The lowest BCUT2D eigenvalue weighted by Crippen LogP contribution is -2.13. The number of benzene rings is 1. The molecule has 0 aliphatic carbocycles. The molecule has 1 aromatic carbocycles. The van der Waals surface area contributed by atoms with Gasteiger partial charge in [-0.05, 0) is 36.1 Å². The molecule has 0 bridgehead atoms. The Morgan fingerprint density at radius 3 is 2.47 bits per heavy atom. The summed E-state index contributed by atoms with van der Waals surface area (Å²) in [5.74, 6) is -0.255. The van der Waals surface area contributed by atoms with Crippen LogP contribution in [0.2, 0.25) is 0 Å². The summed E-state index contributed by atoms with van der Waals surface area (Å²) in [6.45, 7) is 3.83. The first-order valence-corrected chi connectivity index (χ1v) is 5.65. The van der Waals surface area contributed by atoms with Gasteiger partial charge in [-0.2, -0.15) is 0 Å². The van der Waals surface area contributed by atoms with Gasteiger partial charge in [-0.1, -0.05) is 18.3 Å². The Labute approximate surface area is 93.3 Å². The number of rotatable bonds is 2. The average molecular weight is 224 g/mol. The van der Waals surface area contributed by atoms with E-state index in [1.165, 1.54) is 23.9 Å². The summed E-state index contributed by atoms with van der Waals surface area (Å²) in [4.78, 5) is 4.26. The maximum Gasteiger partial charge on any atom is 0.161 e. The third kappa shape index (κ3) is 3.40. The molecule has 0 spiro atoms. The second-order valence-corrected chi connectivity index (χ2v) is 3.62. The van der Waals surface area contributed by atoms with E-state index in [0.717, 1.165) is 10.7 Å². The van der Waals surface area contributed by atoms with E-state index in [4.69, 9.17) is 0 Å². The summed E-state index contributed by atoms with van der Waals surface area (Å²) in [6.07, 6.45) is 1.92. The highest BCUT2D eigenvalue weighted by molar-refractivity contribution is 8.13. The smallest absolute Gasteiger partial charge is 0.161 e. The first-order chi connectivity index (χ1) is 7.17. The molecule has 0 saturated carbocycles. The van der Waals surface area contributed by atoms with E-state index >= 15 is 0 Å². The zero-order valence-corrected chi connectivity index (χ0v) is 9.57. The summed E-state index contributed by atoms with van der Waals surface area (Å²) in [6, 6.07) is 6.12. The molecule has 1 aromatic rings. The third-order valence-electron chi connectivity index (χ3n) is 1.82. The molecule has 4 heteroatoms. The highest BCUT2D eigenvalue weighted by Crippen LogP contribution is 2.15. The number of amidine groups is 1. The summed E-state index contributed by atoms with van der Waals surface area (Å²) >= 11 is 1.50. The van der Waals surface area contributed by atoms with Crippen molar-refractivity contribution in [1.29, 1.82) is 0 Å². The van der Waals surface area contributed by atoms with Gasteiger partial charge in [0.25, 0.3) is 0 Å². The number of nitrogens with one attached hydrogen (secondary N) is 1. The number of aliphatic imine (C=N–C) groups is 1. The molecule has 0 saturated heterocycles. The van der Waals surface area contributed by atoms with Crippen molar-refractivity contribution in [2.45, 2.75) is 0 Å². The van der Waals surface area contributed by atoms with Crippen molar-refractivity contribution in [2.75, 3.05) is 13.3 Å². The van der Waals surface area contributed by atoms with Crippen molar-refractivity contribution < 1.29 is 4.39 Å². The van der Waals surface area contributed by atoms with Gasteiger partial charge in [0.2, 0.25) is 0 Å². The Balaban J connectivity index is 2.85. The molecule has 0 radical (unpaired) electrons. The van der Waals surface area contributed by atoms with Crippen LogP contribution in [-0.2, 0) is 0 Å². The molecule has 15 heavy (non-hydrogen) atoms. The van der Waals surface area contributed by atoms with E-state index in [0.29, 0.717) is 5.70 Å². The van der Waals surface area contributed by atoms with Crippen LogP contribution in [0.5, 0.6) is 0 Å². The Bertz CT molecular complexity index is 365. The first-order valence-electron chi connectivity index (χ1n) is 4.42. The molecule has 0 unspecified atom stereocenters. The molecule has 2 nitrogen and oxygen atoms in total. The van der Waals surface area contributed by atoms with Crippen molar-refractivity contribution in [3.05, 3.63) is 42.2 Å². The van der Waals surface area contributed by atoms with E-state index in [1.807, 2.05) is 6.26 Å². The van der Waals surface area contributed by atoms with Crippen LogP contribution in [0.4, 0.5) is 4.39 Å². The van der Waals surface area contributed by atoms with Gasteiger partial charge in [-0.3, -0.25) is 0 Å². The summed E-state index contributed by atoms with van der Waals surface area (Å²) < 4.78 is 12.7. The van der Waals surface area contributed by atoms with Gasteiger partial charge in [0.15, 0.2) is 5.17 Å². The van der Waals surface area contributed by atoms with Crippen LogP contribution in [0.15, 0.2) is 35.8 Å². The fourth-order valence-corrected chi connectivity index (χ4v) is 1.44. The predicted octanol–water partition coefficient (Wildman–Crippen LogP) is 2.73. The fraction of sp³-hybridized carbons (Fsp3) is 0.182.